The van der Waals surface area contributed by atoms with Gasteiger partial charge in [-0.15, -0.1) is 0 Å². The zero-order chi connectivity index (χ0) is 8.20. The zero-order valence-electron chi connectivity index (χ0n) is 6.61. The van der Waals surface area contributed by atoms with E-state index in [1.165, 1.54) is 0 Å². The second kappa shape index (κ2) is 3.96. The predicted octanol–water partition coefficient (Wildman–Crippen LogP) is 2.95. The van der Waals surface area contributed by atoms with E-state index in [0.29, 0.717) is 6.61 Å². The van der Waals surface area contributed by atoms with Crippen molar-refractivity contribution in [2.45, 2.75) is 27.2 Å². The van der Waals surface area contributed by atoms with Crippen LogP contribution in [0.3, 0.4) is 0 Å². The molecule has 2 nitrogen and oxygen atoms in total. The lowest BCUT2D eigenvalue weighted by atomic mass is 9.93. The van der Waals surface area contributed by atoms with Crippen LogP contribution in [-0.4, -0.2) is 11.5 Å². The molecule has 0 aromatic rings. The molecule has 0 N–H and O–H groups in total. The molecule has 0 amide bonds. The molecule has 0 heterocycles. The quantitative estimate of drug-likeness (QED) is 0.653. The molecule has 0 aliphatic heterocycles. The van der Waals surface area contributed by atoms with E-state index in [9.17, 15) is 4.79 Å². The van der Waals surface area contributed by atoms with Crippen molar-refractivity contribution in [1.82, 2.24) is 0 Å². The van der Waals surface area contributed by atoms with Gasteiger partial charge in [-0.05, 0) is 11.8 Å². The van der Waals surface area contributed by atoms with E-state index in [1.54, 1.807) is 0 Å². The maximum atomic E-state index is 10.2. The first-order valence-electron chi connectivity index (χ1n) is 3.24. The van der Waals surface area contributed by atoms with Gasteiger partial charge in [-0.2, -0.15) is 0 Å². The van der Waals surface area contributed by atoms with Gasteiger partial charge in [-0.3, -0.25) is 0 Å². The Balaban J connectivity index is 3.29. The zero-order valence-corrected chi connectivity index (χ0v) is 8.19. The van der Waals surface area contributed by atoms with Crippen molar-refractivity contribution in [2.24, 2.45) is 5.41 Å². The highest BCUT2D eigenvalue weighted by molar-refractivity contribution is 9.18. The van der Waals surface area contributed by atoms with Crippen LogP contribution in [0.2, 0.25) is 0 Å². The fourth-order valence-electron chi connectivity index (χ4n) is 0.437. The highest BCUT2D eigenvalue weighted by Crippen LogP contribution is 2.18. The van der Waals surface area contributed by atoms with Crippen LogP contribution in [0.15, 0.2) is 0 Å². The molecule has 3 heteroatoms. The summed E-state index contributed by atoms with van der Waals surface area (Å²) >= 11 is 2.68. The topological polar surface area (TPSA) is 26.3 Å². The lowest BCUT2D eigenvalue weighted by Gasteiger charge is -2.16. The van der Waals surface area contributed by atoms with Crippen molar-refractivity contribution in [3.63, 3.8) is 0 Å². The van der Waals surface area contributed by atoms with Crippen LogP contribution < -0.4 is 0 Å². The summed E-state index contributed by atoms with van der Waals surface area (Å²) in [6, 6.07) is 0. The number of hydrogen-bond donors (Lipinski definition) is 0. The van der Waals surface area contributed by atoms with Crippen molar-refractivity contribution in [1.29, 1.82) is 0 Å². The van der Waals surface area contributed by atoms with Crippen LogP contribution in [-0.2, 0) is 4.74 Å². The van der Waals surface area contributed by atoms with Gasteiger partial charge in [0.05, 0.1) is 6.61 Å². The molecular formula is C7H13BrO2. The van der Waals surface area contributed by atoms with Crippen molar-refractivity contribution < 1.29 is 9.53 Å². The minimum absolute atomic E-state index is 0.239. The molecule has 0 aliphatic rings. The number of rotatable bonds is 2. The van der Waals surface area contributed by atoms with Crippen molar-refractivity contribution in [3.05, 3.63) is 0 Å². The molecule has 0 aliphatic carbocycles. The Morgan fingerprint density at radius 1 is 1.50 bits per heavy atom. The molecule has 60 valence electrons. The van der Waals surface area contributed by atoms with E-state index in [2.05, 4.69) is 36.7 Å². The SMILES string of the molecule is CC(C)(C)CCOC(=O)Br. The number of hydrogen-bond acceptors (Lipinski definition) is 2. The van der Waals surface area contributed by atoms with Gasteiger partial charge in [0.1, 0.15) is 0 Å². The third-order valence-electron chi connectivity index (χ3n) is 1.07. The molecule has 0 atom stereocenters. The molecule has 0 aromatic heterocycles. The lowest BCUT2D eigenvalue weighted by Crippen LogP contribution is -2.09. The molecule has 0 radical (unpaired) electrons. The Labute approximate surface area is 70.1 Å². The first-order chi connectivity index (χ1) is 4.42. The summed E-state index contributed by atoms with van der Waals surface area (Å²) in [5, 5.41) is 0. The summed E-state index contributed by atoms with van der Waals surface area (Å²) in [6.07, 6.45) is 0.893. The van der Waals surface area contributed by atoms with E-state index in [1.807, 2.05) is 0 Å². The van der Waals surface area contributed by atoms with Crippen molar-refractivity contribution in [2.75, 3.05) is 6.61 Å². The molecule has 0 rings (SSSR count). The Kier molecular flexibility index (Phi) is 3.94. The van der Waals surface area contributed by atoms with Gasteiger partial charge in [-0.25, -0.2) is 4.79 Å². The largest absolute Gasteiger partial charge is 0.457 e. The number of carbonyl (C=O) groups excluding carboxylic acids is 1. The molecule has 0 aromatic carbocycles. The van der Waals surface area contributed by atoms with Crippen LogP contribution >= 0.6 is 15.9 Å². The van der Waals surface area contributed by atoms with Gasteiger partial charge < -0.3 is 4.74 Å². The summed E-state index contributed by atoms with van der Waals surface area (Å²) in [5.74, 6) is 0. The average molecular weight is 209 g/mol. The maximum absolute atomic E-state index is 10.2. The summed E-state index contributed by atoms with van der Waals surface area (Å²) in [6.45, 7) is 6.81. The Morgan fingerprint density at radius 2 is 2.00 bits per heavy atom. The molecular weight excluding hydrogens is 196 g/mol. The predicted molar refractivity (Wildman–Crippen MR) is 44.3 cm³/mol. The van der Waals surface area contributed by atoms with E-state index >= 15 is 0 Å². The van der Waals surface area contributed by atoms with Gasteiger partial charge in [0.2, 0.25) is 0 Å². The maximum Gasteiger partial charge on any atom is 0.374 e. The summed E-state index contributed by atoms with van der Waals surface area (Å²) < 4.78 is 4.70. The molecule has 0 fully saturated rings. The Hall–Kier alpha value is -0.0500. The molecule has 0 saturated heterocycles. The Morgan fingerprint density at radius 3 is 2.30 bits per heavy atom. The van der Waals surface area contributed by atoms with Crippen molar-refractivity contribution >= 4 is 20.8 Å². The molecule has 10 heavy (non-hydrogen) atoms. The van der Waals surface area contributed by atoms with Gasteiger partial charge in [-0.1, -0.05) is 20.8 Å². The number of ether oxygens (including phenoxy) is 1. The van der Waals surface area contributed by atoms with Crippen LogP contribution in [0.25, 0.3) is 0 Å². The molecule has 0 spiro atoms. The molecule has 0 bridgehead atoms. The fourth-order valence-corrected chi connectivity index (χ4v) is 0.599. The standard InChI is InChI=1S/C7H13BrO2/c1-7(2,3)4-5-10-6(8)9/h4-5H2,1-3H3. The normalized spacial score (nSPS) is 11.2. The van der Waals surface area contributed by atoms with Crippen LogP contribution in [0.5, 0.6) is 0 Å². The Bertz CT molecular complexity index is 115. The van der Waals surface area contributed by atoms with Gasteiger partial charge in [0, 0.05) is 15.9 Å². The monoisotopic (exact) mass is 208 g/mol. The average Bonchev–Trinajstić information content (AvgIpc) is 1.59. The number of carbonyl (C=O) groups is 1. The van der Waals surface area contributed by atoms with Gasteiger partial charge in [0.25, 0.3) is 0 Å². The first kappa shape index (κ1) is 9.95. The molecule has 0 saturated carbocycles. The van der Waals surface area contributed by atoms with Crippen molar-refractivity contribution in [3.8, 4) is 0 Å². The van der Waals surface area contributed by atoms with E-state index in [4.69, 9.17) is 4.74 Å². The fraction of sp³-hybridized carbons (Fsp3) is 0.857. The smallest absolute Gasteiger partial charge is 0.374 e. The first-order valence-corrected chi connectivity index (χ1v) is 4.03. The summed E-state index contributed by atoms with van der Waals surface area (Å²) in [5.41, 5.74) is 0.239. The second-order valence-electron chi connectivity index (χ2n) is 3.40. The number of halogens is 1. The van der Waals surface area contributed by atoms with Crippen LogP contribution in [0.4, 0.5) is 4.79 Å². The van der Waals surface area contributed by atoms with Gasteiger partial charge in [0.15, 0.2) is 0 Å². The van der Waals surface area contributed by atoms with Crippen LogP contribution in [0.1, 0.15) is 27.2 Å². The van der Waals surface area contributed by atoms with E-state index < -0.39 is 0 Å². The third-order valence-corrected chi connectivity index (χ3v) is 1.30. The van der Waals surface area contributed by atoms with Crippen LogP contribution in [0, 0.1) is 5.41 Å². The summed E-state index contributed by atoms with van der Waals surface area (Å²) in [4.78, 5) is 9.85. The summed E-state index contributed by atoms with van der Waals surface area (Å²) in [7, 11) is 0. The second-order valence-corrected chi connectivity index (χ2v) is 4.04. The van der Waals surface area contributed by atoms with Gasteiger partial charge >= 0.3 is 4.88 Å². The highest BCUT2D eigenvalue weighted by Gasteiger charge is 2.10. The third kappa shape index (κ3) is 7.95. The lowest BCUT2D eigenvalue weighted by molar-refractivity contribution is 0.158. The van der Waals surface area contributed by atoms with E-state index in [-0.39, 0.29) is 10.3 Å². The van der Waals surface area contributed by atoms with E-state index in [0.717, 1.165) is 6.42 Å². The highest BCUT2D eigenvalue weighted by atomic mass is 79.9. The minimum Gasteiger partial charge on any atom is -0.457 e. The molecule has 0 unspecified atom stereocenters. The minimum atomic E-state index is -0.378.